The van der Waals surface area contributed by atoms with Crippen LogP contribution in [0.5, 0.6) is 11.5 Å². The topological polar surface area (TPSA) is 18.5 Å². The zero-order valence-electron chi connectivity index (χ0n) is 6.43. The molecule has 0 unspecified atom stereocenters. The zero-order valence-corrected chi connectivity index (χ0v) is 8.22. The van der Waals surface area contributed by atoms with Crippen LogP contribution in [0.3, 0.4) is 0 Å². The molecule has 4 heteroatoms. The number of rotatable bonds is 4. The van der Waals surface area contributed by atoms with E-state index < -0.39 is 0 Å². The van der Waals surface area contributed by atoms with Gasteiger partial charge < -0.3 is 9.47 Å². The van der Waals surface area contributed by atoms with Crippen LogP contribution in [0.25, 0.3) is 0 Å². The molecule has 1 aromatic carbocycles. The largest absolute Gasteiger partial charge is 0.479 e. The molecule has 0 atom stereocenters. The van der Waals surface area contributed by atoms with Crippen LogP contribution in [0.15, 0.2) is 24.3 Å². The Morgan fingerprint density at radius 3 is 1.67 bits per heavy atom. The second kappa shape index (κ2) is 5.22. The molecule has 0 aliphatic heterocycles. The predicted molar refractivity (Wildman–Crippen MR) is 55.4 cm³/mol. The van der Waals surface area contributed by atoms with Crippen molar-refractivity contribution in [1.29, 1.82) is 0 Å². The van der Waals surface area contributed by atoms with E-state index in [-0.39, 0.29) is 0 Å². The number of para-hydroxylation sites is 2. The van der Waals surface area contributed by atoms with Gasteiger partial charge in [0.15, 0.2) is 11.5 Å². The molecule has 0 heterocycles. The molecule has 2 nitrogen and oxygen atoms in total. The lowest BCUT2D eigenvalue weighted by molar-refractivity contribution is 0.336. The normalized spacial score (nSPS) is 9.50. The van der Waals surface area contributed by atoms with Gasteiger partial charge in [-0.25, -0.2) is 0 Å². The Kier molecular flexibility index (Phi) is 4.18. The Morgan fingerprint density at radius 2 is 1.33 bits per heavy atom. The van der Waals surface area contributed by atoms with Crippen LogP contribution in [0, 0.1) is 0 Å². The summed E-state index contributed by atoms with van der Waals surface area (Å²) in [5, 5.41) is 0. The molecule has 0 aliphatic rings. The van der Waals surface area contributed by atoms with E-state index in [1.54, 1.807) is 0 Å². The lowest BCUT2D eigenvalue weighted by atomic mass is 10.3. The Hall–Kier alpha value is -0.480. The van der Waals surface area contributed by atoms with Crippen molar-refractivity contribution in [2.24, 2.45) is 0 Å². The number of ether oxygens (including phenoxy) is 2. The van der Waals surface area contributed by atoms with Gasteiger partial charge >= 0.3 is 0 Å². The van der Waals surface area contributed by atoms with Crippen molar-refractivity contribution < 1.29 is 9.47 Å². The van der Waals surface area contributed by atoms with Crippen molar-refractivity contribution in [1.82, 2.24) is 0 Å². The highest BCUT2D eigenvalue weighted by Crippen LogP contribution is 2.26. The summed E-state index contributed by atoms with van der Waals surface area (Å²) in [4.78, 5) is 0. The first kappa shape index (κ1) is 9.61. The van der Waals surface area contributed by atoms with E-state index in [0.717, 1.165) is 0 Å². The molecule has 66 valence electrons. The fourth-order valence-electron chi connectivity index (χ4n) is 0.828. The first-order chi connectivity index (χ1) is 5.88. The van der Waals surface area contributed by atoms with Gasteiger partial charge in [-0.15, -0.1) is 25.3 Å². The molecule has 0 spiro atoms. The molecule has 12 heavy (non-hydrogen) atoms. The number of hydrogen-bond acceptors (Lipinski definition) is 4. The molecule has 0 saturated carbocycles. The Morgan fingerprint density at radius 1 is 0.917 bits per heavy atom. The third kappa shape index (κ3) is 2.53. The van der Waals surface area contributed by atoms with E-state index in [0.29, 0.717) is 23.4 Å². The van der Waals surface area contributed by atoms with Gasteiger partial charge in [0.25, 0.3) is 0 Å². The molecule has 1 rings (SSSR count). The van der Waals surface area contributed by atoms with E-state index in [1.807, 2.05) is 24.3 Å². The lowest BCUT2D eigenvalue weighted by Crippen LogP contribution is -1.95. The van der Waals surface area contributed by atoms with Crippen LogP contribution >= 0.6 is 25.3 Å². The van der Waals surface area contributed by atoms with Gasteiger partial charge in [-0.2, -0.15) is 0 Å². The van der Waals surface area contributed by atoms with Gasteiger partial charge in [0.1, 0.15) is 11.9 Å². The summed E-state index contributed by atoms with van der Waals surface area (Å²) in [6, 6.07) is 7.41. The van der Waals surface area contributed by atoms with E-state index >= 15 is 0 Å². The van der Waals surface area contributed by atoms with Crippen molar-refractivity contribution >= 4 is 25.3 Å². The minimum absolute atomic E-state index is 0.340. The van der Waals surface area contributed by atoms with E-state index in [2.05, 4.69) is 25.3 Å². The molecule has 0 saturated heterocycles. The van der Waals surface area contributed by atoms with Crippen LogP contribution in [0.4, 0.5) is 0 Å². The van der Waals surface area contributed by atoms with Crippen LogP contribution in [-0.4, -0.2) is 11.9 Å². The van der Waals surface area contributed by atoms with Gasteiger partial charge in [0.05, 0.1) is 0 Å². The molecule has 0 aliphatic carbocycles. The highest BCUT2D eigenvalue weighted by molar-refractivity contribution is 7.80. The minimum atomic E-state index is 0.340. The molecule has 0 fully saturated rings. The van der Waals surface area contributed by atoms with Gasteiger partial charge in [-0.05, 0) is 12.1 Å². The summed E-state index contributed by atoms with van der Waals surface area (Å²) in [5.41, 5.74) is 0. The fraction of sp³-hybridized carbons (Fsp3) is 0.250. The molecule has 1 aromatic rings. The maximum atomic E-state index is 5.19. The molecular weight excluding hydrogens is 192 g/mol. The third-order valence-electron chi connectivity index (χ3n) is 1.29. The second-order valence-electron chi connectivity index (χ2n) is 1.99. The summed E-state index contributed by atoms with van der Waals surface area (Å²) < 4.78 is 10.4. The standard InChI is InChI=1S/C8H10O2S2/c11-5-9-7-3-1-2-4-8(7)10-6-12/h1-4,11-12H,5-6H2. The smallest absolute Gasteiger partial charge is 0.162 e. The maximum absolute atomic E-state index is 5.19. The van der Waals surface area contributed by atoms with Crippen molar-refractivity contribution in [3.8, 4) is 11.5 Å². The molecule has 0 bridgehead atoms. The quantitative estimate of drug-likeness (QED) is 0.576. The SMILES string of the molecule is SCOc1ccccc1OCS. The summed E-state index contributed by atoms with van der Waals surface area (Å²) in [7, 11) is 0. The lowest BCUT2D eigenvalue weighted by Gasteiger charge is -2.08. The first-order valence-electron chi connectivity index (χ1n) is 3.45. The van der Waals surface area contributed by atoms with Crippen LogP contribution in [0.1, 0.15) is 0 Å². The van der Waals surface area contributed by atoms with E-state index in [1.165, 1.54) is 0 Å². The van der Waals surface area contributed by atoms with E-state index in [4.69, 9.17) is 9.47 Å². The molecule has 0 N–H and O–H groups in total. The average Bonchev–Trinajstić information content (AvgIpc) is 2.09. The number of hydrogen-bond donors (Lipinski definition) is 2. The van der Waals surface area contributed by atoms with Crippen molar-refractivity contribution in [3.05, 3.63) is 24.3 Å². The van der Waals surface area contributed by atoms with Crippen LogP contribution in [0.2, 0.25) is 0 Å². The minimum Gasteiger partial charge on any atom is -0.479 e. The first-order valence-corrected chi connectivity index (χ1v) is 4.71. The summed E-state index contributed by atoms with van der Waals surface area (Å²) in [5.74, 6) is 2.07. The van der Waals surface area contributed by atoms with E-state index in [9.17, 15) is 0 Å². The van der Waals surface area contributed by atoms with Gasteiger partial charge in [0.2, 0.25) is 0 Å². The predicted octanol–water partition coefficient (Wildman–Crippen LogP) is 2.22. The average molecular weight is 202 g/mol. The van der Waals surface area contributed by atoms with Crippen LogP contribution < -0.4 is 9.47 Å². The van der Waals surface area contributed by atoms with Crippen molar-refractivity contribution in [3.63, 3.8) is 0 Å². The number of benzene rings is 1. The van der Waals surface area contributed by atoms with Crippen molar-refractivity contribution in [2.45, 2.75) is 0 Å². The highest BCUT2D eigenvalue weighted by Gasteiger charge is 2.00. The Labute approximate surface area is 82.7 Å². The van der Waals surface area contributed by atoms with Crippen molar-refractivity contribution in [2.75, 3.05) is 11.9 Å². The monoisotopic (exact) mass is 202 g/mol. The van der Waals surface area contributed by atoms with Crippen LogP contribution in [-0.2, 0) is 0 Å². The van der Waals surface area contributed by atoms with Gasteiger partial charge in [-0.1, -0.05) is 12.1 Å². The number of thiol groups is 2. The second-order valence-corrected chi connectivity index (χ2v) is 2.51. The van der Waals surface area contributed by atoms with Gasteiger partial charge in [0, 0.05) is 0 Å². The Bertz CT molecular complexity index is 215. The summed E-state index contributed by atoms with van der Waals surface area (Å²) >= 11 is 7.90. The maximum Gasteiger partial charge on any atom is 0.162 e. The molecule has 0 radical (unpaired) electrons. The summed E-state index contributed by atoms with van der Waals surface area (Å²) in [6.07, 6.45) is 0. The molecule has 0 amide bonds. The molecular formula is C8H10O2S2. The highest BCUT2D eigenvalue weighted by atomic mass is 32.1. The van der Waals surface area contributed by atoms with Gasteiger partial charge in [-0.3, -0.25) is 0 Å². The fourth-order valence-corrected chi connectivity index (χ4v) is 1.11. The third-order valence-corrected chi connectivity index (χ3v) is 1.55. The molecule has 0 aromatic heterocycles. The summed E-state index contributed by atoms with van der Waals surface area (Å²) in [6.45, 7) is 0. The Balaban J connectivity index is 2.77. The zero-order chi connectivity index (χ0) is 8.81.